The van der Waals surface area contributed by atoms with E-state index in [1.165, 1.54) is 7.11 Å². The number of hydrogen-bond donors (Lipinski definition) is 0. The van der Waals surface area contributed by atoms with Crippen LogP contribution in [0.2, 0.25) is 0 Å². The van der Waals surface area contributed by atoms with Crippen LogP contribution >= 0.6 is 15.9 Å². The number of benzene rings is 1. The molecule has 1 aromatic carbocycles. The molecule has 0 unspecified atom stereocenters. The third kappa shape index (κ3) is 2.38. The van der Waals surface area contributed by atoms with Gasteiger partial charge in [-0.1, -0.05) is 15.9 Å². The number of halogens is 1. The fourth-order valence-electron chi connectivity index (χ4n) is 1.48. The predicted octanol–water partition coefficient (Wildman–Crippen LogP) is 2.91. The maximum atomic E-state index is 11.7. The van der Waals surface area contributed by atoms with Gasteiger partial charge in [0.05, 0.1) is 19.6 Å². The molecule has 0 heterocycles. The van der Waals surface area contributed by atoms with Crippen LogP contribution in [0.4, 0.5) is 0 Å². The Kier molecular flexibility index (Phi) is 3.97. The van der Waals surface area contributed by atoms with E-state index in [1.807, 2.05) is 32.0 Å². The van der Waals surface area contributed by atoms with Crippen molar-refractivity contribution in [3.05, 3.63) is 28.2 Å². The van der Waals surface area contributed by atoms with Crippen molar-refractivity contribution in [1.82, 2.24) is 0 Å². The largest absolute Gasteiger partial charge is 0.497 e. The van der Waals surface area contributed by atoms with Gasteiger partial charge in [0.2, 0.25) is 0 Å². The molecule has 0 saturated heterocycles. The summed E-state index contributed by atoms with van der Waals surface area (Å²) in [4.78, 5) is 11.7. The van der Waals surface area contributed by atoms with Crippen molar-refractivity contribution in [2.24, 2.45) is 0 Å². The van der Waals surface area contributed by atoms with E-state index in [1.54, 1.807) is 7.11 Å². The molecule has 0 saturated carbocycles. The maximum Gasteiger partial charge on any atom is 0.315 e. The van der Waals surface area contributed by atoms with Crippen molar-refractivity contribution in [3.8, 4) is 5.75 Å². The van der Waals surface area contributed by atoms with Gasteiger partial charge in [0.15, 0.2) is 0 Å². The number of esters is 1. The SMILES string of the molecule is COC(=O)C(C)(C)c1cc(OC)ccc1Br. The summed E-state index contributed by atoms with van der Waals surface area (Å²) in [7, 11) is 2.98. The molecule has 0 aliphatic carbocycles. The Bertz CT molecular complexity index is 399. The van der Waals surface area contributed by atoms with Crippen LogP contribution in [0.15, 0.2) is 22.7 Å². The van der Waals surface area contributed by atoms with E-state index < -0.39 is 5.41 Å². The Morgan fingerprint density at radius 3 is 2.44 bits per heavy atom. The summed E-state index contributed by atoms with van der Waals surface area (Å²) in [6, 6.07) is 5.53. The van der Waals surface area contributed by atoms with Gasteiger partial charge >= 0.3 is 5.97 Å². The van der Waals surface area contributed by atoms with Crippen molar-refractivity contribution in [3.63, 3.8) is 0 Å². The van der Waals surface area contributed by atoms with E-state index in [9.17, 15) is 4.79 Å². The molecule has 0 N–H and O–H groups in total. The molecular weight excluding hydrogens is 272 g/mol. The lowest BCUT2D eigenvalue weighted by molar-refractivity contribution is -0.146. The third-order valence-electron chi connectivity index (χ3n) is 2.54. The number of hydrogen-bond acceptors (Lipinski definition) is 3. The van der Waals surface area contributed by atoms with Gasteiger partial charge in [-0.15, -0.1) is 0 Å². The van der Waals surface area contributed by atoms with Gasteiger partial charge in [0, 0.05) is 4.47 Å². The highest BCUT2D eigenvalue weighted by molar-refractivity contribution is 9.10. The molecule has 0 spiro atoms. The minimum atomic E-state index is -0.706. The van der Waals surface area contributed by atoms with Gasteiger partial charge in [-0.2, -0.15) is 0 Å². The molecule has 0 fully saturated rings. The monoisotopic (exact) mass is 286 g/mol. The minimum absolute atomic E-state index is 0.276. The molecule has 4 heteroatoms. The van der Waals surface area contributed by atoms with E-state index in [0.29, 0.717) is 0 Å². The summed E-state index contributed by atoms with van der Waals surface area (Å²) in [5.74, 6) is 0.441. The molecule has 0 aliphatic heterocycles. The van der Waals surface area contributed by atoms with Crippen LogP contribution < -0.4 is 4.74 Å². The lowest BCUT2D eigenvalue weighted by Crippen LogP contribution is -2.30. The second kappa shape index (κ2) is 4.87. The Morgan fingerprint density at radius 2 is 1.94 bits per heavy atom. The van der Waals surface area contributed by atoms with Crippen molar-refractivity contribution >= 4 is 21.9 Å². The number of carbonyl (C=O) groups is 1. The average molecular weight is 287 g/mol. The van der Waals surface area contributed by atoms with E-state index in [0.717, 1.165) is 15.8 Å². The van der Waals surface area contributed by atoms with E-state index in [4.69, 9.17) is 9.47 Å². The van der Waals surface area contributed by atoms with Gasteiger partial charge in [-0.25, -0.2) is 0 Å². The van der Waals surface area contributed by atoms with Crippen LogP contribution in [0.1, 0.15) is 19.4 Å². The van der Waals surface area contributed by atoms with Gasteiger partial charge in [0.25, 0.3) is 0 Å². The summed E-state index contributed by atoms with van der Waals surface area (Å²) in [5, 5.41) is 0. The third-order valence-corrected chi connectivity index (χ3v) is 3.23. The second-order valence-corrected chi connectivity index (χ2v) is 4.82. The summed E-state index contributed by atoms with van der Waals surface area (Å²) in [5.41, 5.74) is 0.140. The summed E-state index contributed by atoms with van der Waals surface area (Å²) in [6.45, 7) is 3.64. The van der Waals surface area contributed by atoms with Gasteiger partial charge in [0.1, 0.15) is 5.75 Å². The molecule has 88 valence electrons. The zero-order valence-corrected chi connectivity index (χ0v) is 11.4. The molecule has 1 aromatic rings. The molecule has 0 atom stereocenters. The molecule has 16 heavy (non-hydrogen) atoms. The second-order valence-electron chi connectivity index (χ2n) is 3.96. The molecule has 0 radical (unpaired) electrons. The first-order valence-corrected chi connectivity index (χ1v) is 5.65. The van der Waals surface area contributed by atoms with Crippen molar-refractivity contribution in [2.45, 2.75) is 19.3 Å². The standard InChI is InChI=1S/C12H15BrO3/c1-12(2,11(14)16-4)9-7-8(15-3)5-6-10(9)13/h5-7H,1-4H3. The van der Waals surface area contributed by atoms with Crippen molar-refractivity contribution < 1.29 is 14.3 Å². The van der Waals surface area contributed by atoms with Crippen LogP contribution in [0.5, 0.6) is 5.75 Å². The highest BCUT2D eigenvalue weighted by atomic mass is 79.9. The topological polar surface area (TPSA) is 35.5 Å². The molecule has 0 bridgehead atoms. The predicted molar refractivity (Wildman–Crippen MR) is 65.7 cm³/mol. The fourth-order valence-corrected chi connectivity index (χ4v) is 2.22. The Hall–Kier alpha value is -1.03. The first-order valence-electron chi connectivity index (χ1n) is 4.86. The Morgan fingerprint density at radius 1 is 1.31 bits per heavy atom. The zero-order chi connectivity index (χ0) is 12.3. The highest BCUT2D eigenvalue weighted by Gasteiger charge is 2.33. The van der Waals surface area contributed by atoms with Gasteiger partial charge in [-0.3, -0.25) is 4.79 Å². The Labute approximate surface area is 104 Å². The van der Waals surface area contributed by atoms with E-state index in [2.05, 4.69) is 15.9 Å². The summed E-state index contributed by atoms with van der Waals surface area (Å²) < 4.78 is 10.8. The van der Waals surface area contributed by atoms with Crippen LogP contribution in [-0.2, 0) is 14.9 Å². The lowest BCUT2D eigenvalue weighted by atomic mass is 9.84. The summed E-state index contributed by atoms with van der Waals surface area (Å²) >= 11 is 3.43. The van der Waals surface area contributed by atoms with Crippen LogP contribution in [0.3, 0.4) is 0 Å². The van der Waals surface area contributed by atoms with Crippen LogP contribution in [0.25, 0.3) is 0 Å². The number of methoxy groups -OCH3 is 2. The molecular formula is C12H15BrO3. The maximum absolute atomic E-state index is 11.7. The van der Waals surface area contributed by atoms with Gasteiger partial charge in [-0.05, 0) is 37.6 Å². The summed E-state index contributed by atoms with van der Waals surface area (Å²) in [6.07, 6.45) is 0. The molecule has 0 amide bonds. The first kappa shape index (κ1) is 13.0. The van der Waals surface area contributed by atoms with E-state index >= 15 is 0 Å². The number of rotatable bonds is 3. The molecule has 1 rings (SSSR count). The number of ether oxygens (including phenoxy) is 2. The van der Waals surface area contributed by atoms with Crippen LogP contribution in [0, 0.1) is 0 Å². The fraction of sp³-hybridized carbons (Fsp3) is 0.417. The molecule has 3 nitrogen and oxygen atoms in total. The normalized spacial score (nSPS) is 11.1. The Balaban J connectivity index is 3.25. The highest BCUT2D eigenvalue weighted by Crippen LogP contribution is 2.33. The number of carbonyl (C=O) groups excluding carboxylic acids is 1. The molecule has 0 aliphatic rings. The quantitative estimate of drug-likeness (QED) is 0.802. The molecule has 0 aromatic heterocycles. The minimum Gasteiger partial charge on any atom is -0.497 e. The van der Waals surface area contributed by atoms with Crippen molar-refractivity contribution in [2.75, 3.05) is 14.2 Å². The smallest absolute Gasteiger partial charge is 0.315 e. The average Bonchev–Trinajstić information content (AvgIpc) is 2.28. The van der Waals surface area contributed by atoms with E-state index in [-0.39, 0.29) is 5.97 Å². The zero-order valence-electron chi connectivity index (χ0n) is 9.83. The van der Waals surface area contributed by atoms with Gasteiger partial charge < -0.3 is 9.47 Å². The first-order chi connectivity index (χ1) is 7.43. The van der Waals surface area contributed by atoms with Crippen LogP contribution in [-0.4, -0.2) is 20.2 Å². The van der Waals surface area contributed by atoms with Crippen molar-refractivity contribution in [1.29, 1.82) is 0 Å². The lowest BCUT2D eigenvalue weighted by Gasteiger charge is -2.23.